The molecule has 3 heteroatoms. The molecule has 0 atom stereocenters. The minimum absolute atomic E-state index is 0.508. The molecule has 0 amide bonds. The molecule has 180 valence electrons. The van der Waals surface area contributed by atoms with E-state index in [1.54, 1.807) is 12.1 Å². The van der Waals surface area contributed by atoms with Crippen molar-refractivity contribution in [1.82, 2.24) is 0 Å². The molecule has 2 saturated carbocycles. The van der Waals surface area contributed by atoms with Gasteiger partial charge in [0, 0.05) is 0 Å². The summed E-state index contributed by atoms with van der Waals surface area (Å²) in [5.74, 6) is 4.14. The second-order valence-corrected chi connectivity index (χ2v) is 10.3. The molecule has 32 heavy (non-hydrogen) atoms. The summed E-state index contributed by atoms with van der Waals surface area (Å²) in [5, 5.41) is 0. The van der Waals surface area contributed by atoms with Crippen molar-refractivity contribution in [2.24, 2.45) is 23.7 Å². The van der Waals surface area contributed by atoms with Crippen LogP contribution in [0.15, 0.2) is 30.3 Å². The Balaban J connectivity index is 1.31. The van der Waals surface area contributed by atoms with Gasteiger partial charge in [0.15, 0.2) is 0 Å². The Morgan fingerprint density at radius 1 is 0.844 bits per heavy atom. The van der Waals surface area contributed by atoms with Gasteiger partial charge in [0.2, 0.25) is 0 Å². The van der Waals surface area contributed by atoms with Crippen molar-refractivity contribution >= 4 is 6.08 Å². The first-order valence-corrected chi connectivity index (χ1v) is 13.3. The quantitative estimate of drug-likeness (QED) is 0.291. The highest BCUT2D eigenvalue weighted by Gasteiger charge is 2.30. The Morgan fingerprint density at radius 3 is 2.09 bits per heavy atom. The fraction of sp³-hybridized carbons (Fsp3) is 0.724. The van der Waals surface area contributed by atoms with Crippen molar-refractivity contribution in [3.05, 3.63) is 35.9 Å². The number of hydrogen-bond acceptors (Lipinski definition) is 1. The van der Waals surface area contributed by atoms with Crippen LogP contribution >= 0.6 is 0 Å². The molecule has 0 bridgehead atoms. The summed E-state index contributed by atoms with van der Waals surface area (Å²) in [4.78, 5) is 0. The average Bonchev–Trinajstić information content (AvgIpc) is 2.83. The molecule has 1 nitrogen and oxygen atoms in total. The standard InChI is InChI=1S/C29H44F2O/c1-2-3-4-5-6-7-23-10-16-26(17-11-23)27-18-12-24(13-19-27)8-9-25-14-20-28(21-15-25)32-22-29(30)31/h8-9,14-15,20-21,23-24,26-27,29H,2-7,10-13,16-19,22H2,1H3/t23-,24-,26-,27-. The van der Waals surface area contributed by atoms with E-state index < -0.39 is 13.0 Å². The number of halogens is 2. The maximum atomic E-state index is 12.2. The lowest BCUT2D eigenvalue weighted by molar-refractivity contribution is 0.0819. The first-order valence-electron chi connectivity index (χ1n) is 13.3. The van der Waals surface area contributed by atoms with Gasteiger partial charge in [-0.2, -0.15) is 0 Å². The maximum Gasteiger partial charge on any atom is 0.272 e. The first kappa shape index (κ1) is 25.2. The van der Waals surface area contributed by atoms with Crippen molar-refractivity contribution in [3.8, 4) is 5.75 Å². The Kier molecular flexibility index (Phi) is 11.1. The average molecular weight is 447 g/mol. The van der Waals surface area contributed by atoms with E-state index in [9.17, 15) is 8.78 Å². The third kappa shape index (κ3) is 8.87. The number of hydrogen-bond donors (Lipinski definition) is 0. The van der Waals surface area contributed by atoms with Gasteiger partial charge in [-0.1, -0.05) is 82.6 Å². The normalized spacial score (nSPS) is 26.6. The van der Waals surface area contributed by atoms with Gasteiger partial charge in [0.05, 0.1) is 0 Å². The number of rotatable bonds is 12. The highest BCUT2D eigenvalue weighted by atomic mass is 19.3. The van der Waals surface area contributed by atoms with Crippen LogP contribution in [0.4, 0.5) is 8.78 Å². The molecule has 0 aliphatic heterocycles. The molecule has 2 aliphatic carbocycles. The van der Waals surface area contributed by atoms with Crippen LogP contribution in [0.2, 0.25) is 0 Å². The van der Waals surface area contributed by atoms with E-state index >= 15 is 0 Å². The summed E-state index contributed by atoms with van der Waals surface area (Å²) < 4.78 is 29.5. The van der Waals surface area contributed by atoms with Crippen LogP contribution in [0, 0.1) is 23.7 Å². The lowest BCUT2D eigenvalue weighted by Crippen LogP contribution is -2.25. The van der Waals surface area contributed by atoms with E-state index in [-0.39, 0.29) is 0 Å². The van der Waals surface area contributed by atoms with Crippen molar-refractivity contribution in [3.63, 3.8) is 0 Å². The third-order valence-corrected chi connectivity index (χ3v) is 7.91. The zero-order valence-electron chi connectivity index (χ0n) is 20.1. The first-order chi connectivity index (χ1) is 15.6. The molecule has 0 heterocycles. The van der Waals surface area contributed by atoms with Gasteiger partial charge in [-0.25, -0.2) is 8.78 Å². The van der Waals surface area contributed by atoms with E-state index in [0.717, 1.165) is 23.3 Å². The number of unbranched alkanes of at least 4 members (excludes halogenated alkanes) is 4. The molecule has 1 aromatic carbocycles. The Morgan fingerprint density at radius 2 is 1.47 bits per heavy atom. The predicted octanol–water partition coefficient (Wildman–Crippen LogP) is 9.32. The van der Waals surface area contributed by atoms with Gasteiger partial charge in [0.1, 0.15) is 12.4 Å². The summed E-state index contributed by atoms with van der Waals surface area (Å²) in [6.07, 6.45) is 22.0. The smallest absolute Gasteiger partial charge is 0.272 e. The molecule has 0 radical (unpaired) electrons. The lowest BCUT2D eigenvalue weighted by Gasteiger charge is -2.37. The fourth-order valence-electron chi connectivity index (χ4n) is 5.88. The number of allylic oxidation sites excluding steroid dienone is 1. The van der Waals surface area contributed by atoms with Crippen molar-refractivity contribution < 1.29 is 13.5 Å². The van der Waals surface area contributed by atoms with Crippen LogP contribution in [0.25, 0.3) is 6.08 Å². The zero-order valence-corrected chi connectivity index (χ0v) is 20.1. The molecule has 2 fully saturated rings. The Hall–Kier alpha value is -1.38. The Bertz CT molecular complexity index is 638. The minimum atomic E-state index is -2.43. The molecule has 0 N–H and O–H groups in total. The molecule has 0 aromatic heterocycles. The van der Waals surface area contributed by atoms with Crippen molar-refractivity contribution in [1.29, 1.82) is 0 Å². The minimum Gasteiger partial charge on any atom is -0.488 e. The monoisotopic (exact) mass is 446 g/mol. The largest absolute Gasteiger partial charge is 0.488 e. The van der Waals surface area contributed by atoms with Crippen LogP contribution in [-0.2, 0) is 0 Å². The third-order valence-electron chi connectivity index (χ3n) is 7.91. The fourth-order valence-corrected chi connectivity index (χ4v) is 5.88. The molecule has 2 aliphatic rings. The highest BCUT2D eigenvalue weighted by Crippen LogP contribution is 2.42. The summed E-state index contributed by atoms with van der Waals surface area (Å²) in [6.45, 7) is 1.75. The zero-order chi connectivity index (χ0) is 22.6. The van der Waals surface area contributed by atoms with E-state index in [0.29, 0.717) is 11.7 Å². The summed E-state index contributed by atoms with van der Waals surface area (Å²) in [7, 11) is 0. The topological polar surface area (TPSA) is 9.23 Å². The highest BCUT2D eigenvalue weighted by molar-refractivity contribution is 5.50. The predicted molar refractivity (Wildman–Crippen MR) is 131 cm³/mol. The second kappa shape index (κ2) is 14.0. The van der Waals surface area contributed by atoms with Crippen molar-refractivity contribution in [2.45, 2.75) is 103 Å². The van der Waals surface area contributed by atoms with E-state index in [2.05, 4.69) is 19.1 Å². The van der Waals surface area contributed by atoms with Gasteiger partial charge in [-0.15, -0.1) is 0 Å². The summed E-state index contributed by atoms with van der Waals surface area (Å²) in [6, 6.07) is 7.46. The Labute approximate surface area is 195 Å². The number of ether oxygens (including phenoxy) is 1. The van der Waals surface area contributed by atoms with Gasteiger partial charge >= 0.3 is 0 Å². The van der Waals surface area contributed by atoms with Crippen LogP contribution in [0.3, 0.4) is 0 Å². The maximum absolute atomic E-state index is 12.2. The molecule has 0 unspecified atom stereocenters. The van der Waals surface area contributed by atoms with Crippen LogP contribution in [-0.4, -0.2) is 13.0 Å². The molecule has 1 aromatic rings. The summed E-state index contributed by atoms with van der Waals surface area (Å²) in [5.41, 5.74) is 1.12. The van der Waals surface area contributed by atoms with Crippen LogP contribution in [0.5, 0.6) is 5.75 Å². The number of benzene rings is 1. The van der Waals surface area contributed by atoms with Gasteiger partial charge in [-0.3, -0.25) is 0 Å². The molecule has 0 saturated heterocycles. The van der Waals surface area contributed by atoms with Crippen LogP contribution in [0.1, 0.15) is 102 Å². The molecular formula is C29H44F2O. The number of alkyl halides is 2. The van der Waals surface area contributed by atoms with E-state index in [4.69, 9.17) is 4.74 Å². The van der Waals surface area contributed by atoms with Gasteiger partial charge in [-0.05, 0) is 79.9 Å². The second-order valence-electron chi connectivity index (χ2n) is 10.3. The van der Waals surface area contributed by atoms with Gasteiger partial charge in [0.25, 0.3) is 6.43 Å². The molecule has 0 spiro atoms. The van der Waals surface area contributed by atoms with E-state index in [1.165, 1.54) is 89.9 Å². The molecular weight excluding hydrogens is 402 g/mol. The van der Waals surface area contributed by atoms with Gasteiger partial charge < -0.3 is 4.74 Å². The van der Waals surface area contributed by atoms with E-state index in [1.807, 2.05) is 12.1 Å². The molecule has 3 rings (SSSR count). The van der Waals surface area contributed by atoms with Crippen molar-refractivity contribution in [2.75, 3.05) is 6.61 Å². The van der Waals surface area contributed by atoms with Crippen LogP contribution < -0.4 is 4.74 Å². The summed E-state index contributed by atoms with van der Waals surface area (Å²) >= 11 is 0. The SMILES string of the molecule is CCCCCCC[C@H]1CC[C@H]([C@H]2CC[C@H](C=Cc3ccc(OCC(F)F)cc3)CC2)CC1. The lowest BCUT2D eigenvalue weighted by atomic mass is 9.68.